The molecule has 2 aliphatic heterocycles. The molecule has 0 saturated heterocycles. The molecule has 0 bridgehead atoms. The van der Waals surface area contributed by atoms with Crippen molar-refractivity contribution in [1.29, 1.82) is 0 Å². The molecule has 0 saturated carbocycles. The Morgan fingerprint density at radius 3 is 1.94 bits per heavy atom. The number of fused-ring (bicyclic) bond motifs is 6. The molecule has 0 atom stereocenters. The van der Waals surface area contributed by atoms with Gasteiger partial charge in [-0.3, -0.25) is 9.59 Å². The van der Waals surface area contributed by atoms with Gasteiger partial charge in [0.2, 0.25) is 5.69 Å². The summed E-state index contributed by atoms with van der Waals surface area (Å²) >= 11 is 0. The molecule has 0 unspecified atom stereocenters. The standard InChI is InChI=1S/C45H48N2O4/c1-44(2)38(46(30-16-14-24-40(48)49)36-28-26-32-18-10-12-20-34(32)42(36)44)22-8-6-5-7-9-23-39-45(3,4)43-35-21-13-11-19-33(35)27-29-37(43)47(39)31-17-15-25-41(50)51/h5-13,18-23,26-29H,14-17,24-25,30-31H2,1-4H3,(H-,48,49,50,51)/p+1. The lowest BCUT2D eigenvalue weighted by atomic mass is 9.79. The van der Waals surface area contributed by atoms with E-state index in [-0.39, 0.29) is 23.7 Å². The molecule has 0 fully saturated rings. The number of nitrogens with zero attached hydrogens (tertiary/aromatic N) is 2. The fourth-order valence-corrected chi connectivity index (χ4v) is 8.13. The Labute approximate surface area is 301 Å². The van der Waals surface area contributed by atoms with Crippen LogP contribution in [0.25, 0.3) is 21.5 Å². The van der Waals surface area contributed by atoms with Gasteiger partial charge in [0, 0.05) is 60.3 Å². The van der Waals surface area contributed by atoms with Crippen molar-refractivity contribution in [3.63, 3.8) is 0 Å². The maximum atomic E-state index is 11.2. The summed E-state index contributed by atoms with van der Waals surface area (Å²) in [6.07, 6.45) is 18.0. The first-order valence-electron chi connectivity index (χ1n) is 18.1. The Balaban J connectivity index is 1.25. The maximum absolute atomic E-state index is 11.2. The van der Waals surface area contributed by atoms with Gasteiger partial charge in [-0.2, -0.15) is 4.58 Å². The predicted octanol–water partition coefficient (Wildman–Crippen LogP) is 10.2. The number of benzene rings is 4. The molecule has 0 amide bonds. The molecule has 0 aliphatic carbocycles. The number of aliphatic carboxylic acids is 2. The van der Waals surface area contributed by atoms with E-state index in [2.05, 4.69) is 152 Å². The molecule has 6 nitrogen and oxygen atoms in total. The van der Waals surface area contributed by atoms with Crippen LogP contribution in [-0.2, 0) is 20.4 Å². The lowest BCUT2D eigenvalue weighted by Gasteiger charge is -2.27. The molecule has 262 valence electrons. The molecule has 0 radical (unpaired) electrons. The van der Waals surface area contributed by atoms with Crippen LogP contribution < -0.4 is 4.90 Å². The first kappa shape index (κ1) is 35.6. The molecular formula is C45H49N2O4+. The number of rotatable bonds is 14. The van der Waals surface area contributed by atoms with Gasteiger partial charge in [-0.25, -0.2) is 0 Å². The van der Waals surface area contributed by atoms with Gasteiger partial charge >= 0.3 is 11.9 Å². The highest BCUT2D eigenvalue weighted by Gasteiger charge is 2.45. The van der Waals surface area contributed by atoms with E-state index in [9.17, 15) is 19.8 Å². The van der Waals surface area contributed by atoms with Gasteiger partial charge in [0.25, 0.3) is 0 Å². The van der Waals surface area contributed by atoms with Crippen LogP contribution >= 0.6 is 0 Å². The molecule has 6 rings (SSSR count). The van der Waals surface area contributed by atoms with E-state index in [0.29, 0.717) is 12.8 Å². The van der Waals surface area contributed by atoms with Crippen molar-refractivity contribution in [1.82, 2.24) is 0 Å². The molecule has 2 aliphatic rings. The number of carboxylic acid groups (broad SMARTS) is 2. The fraction of sp³-hybridized carbons (Fsp3) is 0.311. The third kappa shape index (κ3) is 7.18. The van der Waals surface area contributed by atoms with Crippen LogP contribution in [-0.4, -0.2) is 45.5 Å². The number of allylic oxidation sites excluding steroid dienone is 8. The first-order chi connectivity index (χ1) is 24.5. The van der Waals surface area contributed by atoms with Crippen molar-refractivity contribution in [2.75, 3.05) is 18.0 Å². The summed E-state index contributed by atoms with van der Waals surface area (Å²) in [6, 6.07) is 25.9. The van der Waals surface area contributed by atoms with E-state index < -0.39 is 11.9 Å². The zero-order chi connectivity index (χ0) is 36.2. The second-order valence-electron chi connectivity index (χ2n) is 14.7. The Bertz CT molecular complexity index is 2130. The van der Waals surface area contributed by atoms with Crippen LogP contribution in [0.2, 0.25) is 0 Å². The number of carboxylic acids is 2. The third-order valence-electron chi connectivity index (χ3n) is 10.5. The van der Waals surface area contributed by atoms with E-state index in [1.165, 1.54) is 55.5 Å². The first-order valence-corrected chi connectivity index (χ1v) is 18.1. The van der Waals surface area contributed by atoms with Gasteiger partial charge in [0.1, 0.15) is 6.54 Å². The van der Waals surface area contributed by atoms with Crippen molar-refractivity contribution >= 4 is 50.6 Å². The Kier molecular flexibility index (Phi) is 10.4. The van der Waals surface area contributed by atoms with Crippen LogP contribution in [0.3, 0.4) is 0 Å². The van der Waals surface area contributed by atoms with Crippen molar-refractivity contribution in [2.24, 2.45) is 0 Å². The minimum atomic E-state index is -0.751. The van der Waals surface area contributed by atoms with Crippen LogP contribution in [0.1, 0.15) is 77.3 Å². The van der Waals surface area contributed by atoms with Gasteiger partial charge in [-0.15, -0.1) is 0 Å². The van der Waals surface area contributed by atoms with Crippen LogP contribution in [0.15, 0.2) is 121 Å². The van der Waals surface area contributed by atoms with E-state index in [1.807, 2.05) is 0 Å². The third-order valence-corrected chi connectivity index (χ3v) is 10.5. The van der Waals surface area contributed by atoms with E-state index >= 15 is 0 Å². The van der Waals surface area contributed by atoms with Gasteiger partial charge in [0.05, 0.1) is 5.41 Å². The number of carbonyl (C=O) groups is 2. The van der Waals surface area contributed by atoms with Gasteiger partial charge in [-0.05, 0) is 78.4 Å². The average Bonchev–Trinajstić information content (AvgIpc) is 3.46. The highest BCUT2D eigenvalue weighted by Crippen LogP contribution is 2.51. The lowest BCUT2D eigenvalue weighted by molar-refractivity contribution is -0.438. The number of unbranched alkanes of at least 4 members (excludes halogenated alkanes) is 2. The van der Waals surface area contributed by atoms with Gasteiger partial charge < -0.3 is 15.1 Å². The topological polar surface area (TPSA) is 80.9 Å². The molecule has 0 aromatic heterocycles. The monoisotopic (exact) mass is 681 g/mol. The second kappa shape index (κ2) is 14.9. The molecule has 0 spiro atoms. The molecule has 2 heterocycles. The summed E-state index contributed by atoms with van der Waals surface area (Å²) in [5.74, 6) is -1.50. The maximum Gasteiger partial charge on any atom is 0.303 e. The zero-order valence-corrected chi connectivity index (χ0v) is 30.2. The smallest absolute Gasteiger partial charge is 0.303 e. The summed E-state index contributed by atoms with van der Waals surface area (Å²) < 4.78 is 2.38. The molecule has 2 N–H and O–H groups in total. The quantitative estimate of drug-likeness (QED) is 0.0787. The lowest BCUT2D eigenvalue weighted by Crippen LogP contribution is -2.28. The summed E-state index contributed by atoms with van der Waals surface area (Å²) in [5, 5.41) is 23.3. The second-order valence-corrected chi connectivity index (χ2v) is 14.7. The van der Waals surface area contributed by atoms with Gasteiger partial charge in [-0.1, -0.05) is 98.8 Å². The number of hydrogen-bond donors (Lipinski definition) is 2. The van der Waals surface area contributed by atoms with Crippen LogP contribution in [0, 0.1) is 0 Å². The minimum absolute atomic E-state index is 0.181. The van der Waals surface area contributed by atoms with Gasteiger partial charge in [0.15, 0.2) is 5.71 Å². The van der Waals surface area contributed by atoms with Crippen LogP contribution in [0.4, 0.5) is 11.4 Å². The van der Waals surface area contributed by atoms with Crippen molar-refractivity contribution in [3.05, 3.63) is 132 Å². The SMILES string of the molecule is CC1(C)C(/C=C/C=C/C=C/C=C2\N(CCCCC(=O)O)c3ccc4ccccc4c3C2(C)C)=[N+](CCCCC(=O)O)c2ccc3ccccc3c21. The Hall–Kier alpha value is -5.23. The highest BCUT2D eigenvalue weighted by molar-refractivity contribution is 6.07. The van der Waals surface area contributed by atoms with Crippen molar-refractivity contribution in [2.45, 2.75) is 77.0 Å². The van der Waals surface area contributed by atoms with Crippen molar-refractivity contribution in [3.8, 4) is 0 Å². The average molecular weight is 682 g/mol. The van der Waals surface area contributed by atoms with Crippen LogP contribution in [0.5, 0.6) is 0 Å². The molecule has 4 aromatic rings. The zero-order valence-electron chi connectivity index (χ0n) is 30.2. The number of anilines is 1. The van der Waals surface area contributed by atoms with E-state index in [0.717, 1.165) is 25.9 Å². The fourth-order valence-electron chi connectivity index (χ4n) is 8.13. The van der Waals surface area contributed by atoms with Crippen molar-refractivity contribution < 1.29 is 24.4 Å². The Morgan fingerprint density at radius 2 is 1.25 bits per heavy atom. The summed E-state index contributed by atoms with van der Waals surface area (Å²) in [4.78, 5) is 24.7. The number of hydrogen-bond acceptors (Lipinski definition) is 3. The Morgan fingerprint density at radius 1 is 0.667 bits per heavy atom. The normalized spacial score (nSPS) is 17.2. The molecular weight excluding hydrogens is 633 g/mol. The summed E-state index contributed by atoms with van der Waals surface area (Å²) in [6.45, 7) is 10.6. The summed E-state index contributed by atoms with van der Waals surface area (Å²) in [7, 11) is 0. The minimum Gasteiger partial charge on any atom is -0.481 e. The summed E-state index contributed by atoms with van der Waals surface area (Å²) in [5.41, 5.74) is 6.98. The highest BCUT2D eigenvalue weighted by atomic mass is 16.4. The molecule has 6 heteroatoms. The molecule has 4 aromatic carbocycles. The van der Waals surface area contributed by atoms with E-state index in [1.54, 1.807) is 0 Å². The largest absolute Gasteiger partial charge is 0.481 e. The predicted molar refractivity (Wildman–Crippen MR) is 210 cm³/mol. The molecule has 51 heavy (non-hydrogen) atoms. The van der Waals surface area contributed by atoms with E-state index in [4.69, 9.17) is 0 Å².